The molecule has 0 aromatic heterocycles. The van der Waals surface area contributed by atoms with Gasteiger partial charge in [-0.05, 0) is 29.8 Å². The average Bonchev–Trinajstić information content (AvgIpc) is 2.49. The maximum atomic E-state index is 13.5. The van der Waals surface area contributed by atoms with Gasteiger partial charge in [-0.25, -0.2) is 13.6 Å². The molecule has 0 atom stereocenters. The summed E-state index contributed by atoms with van der Waals surface area (Å²) in [4.78, 5) is 11.4. The normalized spacial score (nSPS) is 10.3. The third-order valence-corrected chi connectivity index (χ3v) is 3.63. The lowest BCUT2D eigenvalue weighted by molar-refractivity contribution is 0.0600. The van der Waals surface area contributed by atoms with Crippen molar-refractivity contribution < 1.29 is 18.3 Å². The third kappa shape index (κ3) is 3.58. The summed E-state index contributed by atoms with van der Waals surface area (Å²) in [6.45, 7) is 0.280. The fraction of sp³-hybridized carbons (Fsp3) is 0.133. The van der Waals surface area contributed by atoms with Crippen LogP contribution < -0.4 is 5.32 Å². The summed E-state index contributed by atoms with van der Waals surface area (Å²) in [5.74, 6) is -2.26. The van der Waals surface area contributed by atoms with E-state index in [1.165, 1.54) is 19.2 Å². The second-order valence-electron chi connectivity index (χ2n) is 4.25. The van der Waals surface area contributed by atoms with Crippen LogP contribution in [0.5, 0.6) is 0 Å². The third-order valence-electron chi connectivity index (χ3n) is 2.90. The first-order valence-corrected chi connectivity index (χ1v) is 6.87. The molecule has 1 N–H and O–H groups in total. The van der Waals surface area contributed by atoms with Gasteiger partial charge in [-0.15, -0.1) is 0 Å². The fourth-order valence-corrected chi connectivity index (χ4v) is 2.29. The molecule has 0 saturated heterocycles. The molecule has 6 heteroatoms. The molecule has 0 bridgehead atoms. The molecule has 0 aliphatic heterocycles. The van der Waals surface area contributed by atoms with Crippen molar-refractivity contribution in [3.05, 3.63) is 63.6 Å². The number of benzene rings is 2. The van der Waals surface area contributed by atoms with Gasteiger partial charge in [0.2, 0.25) is 0 Å². The van der Waals surface area contributed by atoms with Gasteiger partial charge in [0.25, 0.3) is 0 Å². The van der Waals surface area contributed by atoms with Crippen LogP contribution in [0.15, 0.2) is 40.9 Å². The summed E-state index contributed by atoms with van der Waals surface area (Å²) in [6, 6.07) is 8.87. The second-order valence-corrected chi connectivity index (χ2v) is 5.11. The molecule has 2 aromatic carbocycles. The van der Waals surface area contributed by atoms with Crippen LogP contribution in [0.2, 0.25) is 0 Å². The quantitative estimate of drug-likeness (QED) is 0.838. The second kappa shape index (κ2) is 6.67. The number of esters is 1. The zero-order valence-corrected chi connectivity index (χ0v) is 12.7. The van der Waals surface area contributed by atoms with Crippen LogP contribution in [-0.4, -0.2) is 13.1 Å². The van der Waals surface area contributed by atoms with Gasteiger partial charge in [0.15, 0.2) is 11.6 Å². The van der Waals surface area contributed by atoms with E-state index in [4.69, 9.17) is 0 Å². The van der Waals surface area contributed by atoms with E-state index in [-0.39, 0.29) is 12.2 Å². The molecule has 3 nitrogen and oxygen atoms in total. The molecular weight excluding hydrogens is 344 g/mol. The number of carbonyl (C=O) groups is 1. The maximum Gasteiger partial charge on any atom is 0.337 e. The largest absolute Gasteiger partial charge is 0.465 e. The molecule has 0 unspecified atom stereocenters. The van der Waals surface area contributed by atoms with E-state index in [1.807, 2.05) is 0 Å². The Labute approximate surface area is 129 Å². The van der Waals surface area contributed by atoms with Gasteiger partial charge in [-0.3, -0.25) is 0 Å². The Bertz CT molecular complexity index is 677. The molecule has 0 fully saturated rings. The minimum absolute atomic E-state index is 0.0824. The van der Waals surface area contributed by atoms with Gasteiger partial charge >= 0.3 is 5.97 Å². The molecule has 0 aliphatic carbocycles. The summed E-state index contributed by atoms with van der Waals surface area (Å²) >= 11 is 3.34. The highest BCUT2D eigenvalue weighted by Gasteiger charge is 2.10. The van der Waals surface area contributed by atoms with Crippen LogP contribution in [0, 0.1) is 11.6 Å². The lowest BCUT2D eigenvalue weighted by Gasteiger charge is -2.10. The van der Waals surface area contributed by atoms with Crippen LogP contribution >= 0.6 is 15.9 Å². The maximum absolute atomic E-state index is 13.5. The van der Waals surface area contributed by atoms with E-state index in [9.17, 15) is 13.6 Å². The zero-order chi connectivity index (χ0) is 15.4. The van der Waals surface area contributed by atoms with Crippen LogP contribution in [0.25, 0.3) is 0 Å². The number of hydrogen-bond acceptors (Lipinski definition) is 3. The Morgan fingerprint density at radius 2 is 2.05 bits per heavy atom. The van der Waals surface area contributed by atoms with Crippen LogP contribution in [-0.2, 0) is 11.3 Å². The number of methoxy groups -OCH3 is 1. The lowest BCUT2D eigenvalue weighted by atomic mass is 10.1. The van der Waals surface area contributed by atoms with Gasteiger partial charge in [-0.1, -0.05) is 28.1 Å². The van der Waals surface area contributed by atoms with Crippen molar-refractivity contribution in [3.8, 4) is 0 Å². The number of ether oxygens (including phenoxy) is 1. The van der Waals surface area contributed by atoms with Crippen molar-refractivity contribution in [2.45, 2.75) is 6.54 Å². The monoisotopic (exact) mass is 355 g/mol. The predicted molar refractivity (Wildman–Crippen MR) is 79.2 cm³/mol. The molecule has 21 heavy (non-hydrogen) atoms. The topological polar surface area (TPSA) is 38.3 Å². The lowest BCUT2D eigenvalue weighted by Crippen LogP contribution is -2.05. The van der Waals surface area contributed by atoms with Crippen molar-refractivity contribution in [1.82, 2.24) is 0 Å². The van der Waals surface area contributed by atoms with Gasteiger partial charge in [0.1, 0.15) is 0 Å². The SMILES string of the molecule is COC(=O)c1ccc(CNc2cccc(F)c2F)c(Br)c1. The van der Waals surface area contributed by atoms with E-state index in [2.05, 4.69) is 26.0 Å². The molecular formula is C15H12BrF2NO2. The average molecular weight is 356 g/mol. The summed E-state index contributed by atoms with van der Waals surface area (Å²) in [5, 5.41) is 2.81. The molecule has 0 aliphatic rings. The summed E-state index contributed by atoms with van der Waals surface area (Å²) in [5.41, 5.74) is 1.29. The molecule has 0 heterocycles. The standard InChI is InChI=1S/C15H12BrF2NO2/c1-21-15(20)9-5-6-10(11(16)7-9)8-19-13-4-2-3-12(17)14(13)18/h2-7,19H,8H2,1H3. The Hall–Kier alpha value is -1.95. The van der Waals surface area contributed by atoms with E-state index >= 15 is 0 Å². The Kier molecular flexibility index (Phi) is 4.90. The zero-order valence-electron chi connectivity index (χ0n) is 11.1. The molecule has 0 amide bonds. The smallest absolute Gasteiger partial charge is 0.337 e. The van der Waals surface area contributed by atoms with Gasteiger partial charge in [0.05, 0.1) is 18.4 Å². The Balaban J connectivity index is 2.13. The van der Waals surface area contributed by atoms with Crippen molar-refractivity contribution in [3.63, 3.8) is 0 Å². The predicted octanol–water partition coefficient (Wildman–Crippen LogP) is 4.13. The summed E-state index contributed by atoms with van der Waals surface area (Å²) in [6.07, 6.45) is 0. The number of nitrogens with one attached hydrogen (secondary N) is 1. The number of hydrogen-bond donors (Lipinski definition) is 1. The van der Waals surface area contributed by atoms with Gasteiger partial charge in [0, 0.05) is 11.0 Å². The van der Waals surface area contributed by atoms with Gasteiger partial charge in [-0.2, -0.15) is 0 Å². The first-order valence-electron chi connectivity index (χ1n) is 6.07. The molecule has 2 rings (SSSR count). The number of carbonyl (C=O) groups excluding carboxylic acids is 1. The Morgan fingerprint density at radius 3 is 2.71 bits per heavy atom. The fourth-order valence-electron chi connectivity index (χ4n) is 1.77. The van der Waals surface area contributed by atoms with E-state index in [0.717, 1.165) is 11.6 Å². The Morgan fingerprint density at radius 1 is 1.29 bits per heavy atom. The molecule has 0 saturated carbocycles. The molecule has 110 valence electrons. The highest BCUT2D eigenvalue weighted by Crippen LogP contribution is 2.22. The highest BCUT2D eigenvalue weighted by molar-refractivity contribution is 9.10. The summed E-state index contributed by atoms with van der Waals surface area (Å²) < 4.78 is 31.9. The van der Waals surface area contributed by atoms with Gasteiger partial charge < -0.3 is 10.1 Å². The highest BCUT2D eigenvalue weighted by atomic mass is 79.9. The minimum atomic E-state index is -0.917. The molecule has 2 aromatic rings. The first kappa shape index (κ1) is 15.4. The summed E-state index contributed by atoms with van der Waals surface area (Å²) in [7, 11) is 1.30. The number of rotatable bonds is 4. The minimum Gasteiger partial charge on any atom is -0.465 e. The van der Waals surface area contributed by atoms with Crippen molar-refractivity contribution in [1.29, 1.82) is 0 Å². The van der Waals surface area contributed by atoms with Crippen LogP contribution in [0.3, 0.4) is 0 Å². The van der Waals surface area contributed by atoms with E-state index < -0.39 is 17.6 Å². The molecule has 0 radical (unpaired) electrons. The number of halogens is 3. The van der Waals surface area contributed by atoms with E-state index in [0.29, 0.717) is 10.0 Å². The van der Waals surface area contributed by atoms with Crippen molar-refractivity contribution in [2.75, 3.05) is 12.4 Å². The van der Waals surface area contributed by atoms with E-state index in [1.54, 1.807) is 18.2 Å². The first-order chi connectivity index (χ1) is 10.0. The van der Waals surface area contributed by atoms with Crippen LogP contribution in [0.1, 0.15) is 15.9 Å². The van der Waals surface area contributed by atoms with Crippen molar-refractivity contribution >= 4 is 27.6 Å². The number of anilines is 1. The van der Waals surface area contributed by atoms with Crippen molar-refractivity contribution in [2.24, 2.45) is 0 Å². The van der Waals surface area contributed by atoms with Crippen LogP contribution in [0.4, 0.5) is 14.5 Å². The molecule has 0 spiro atoms.